The molecule has 0 aromatic carbocycles. The maximum Gasteiger partial charge on any atom is 0.306 e. The highest BCUT2D eigenvalue weighted by Crippen LogP contribution is 2.68. The van der Waals surface area contributed by atoms with Gasteiger partial charge in [-0.1, -0.05) is 20.8 Å². The number of carboxylic acids is 1. The molecule has 4 saturated carbocycles. The Morgan fingerprint density at radius 3 is 2.48 bits per heavy atom. The van der Waals surface area contributed by atoms with Gasteiger partial charge in [0.25, 0.3) is 0 Å². The zero-order chi connectivity index (χ0) is 22.9. The second-order valence-electron chi connectivity index (χ2n) is 11.4. The minimum atomic E-state index is -1.92. The van der Waals surface area contributed by atoms with Crippen LogP contribution in [0.25, 0.3) is 0 Å². The lowest BCUT2D eigenvalue weighted by Crippen LogP contribution is -2.64. The standard InChI is InChI=1S/C24H36O7/c1-12-8-16-15-5-4-13-9-14(25)6-7-22(13,2)20(15)18(27)11-23(16,3)24(12,31)21(30)17(26)10-19(28)29/h12-17,20,25-26,31H,4-11H2,1-3H3,(H,28,29)/t12-,13?,14-,15+,16+,17?,20-,22+,23+,24+/m1/s1. The van der Waals surface area contributed by atoms with Crippen LogP contribution in [0.15, 0.2) is 0 Å². The first-order valence-electron chi connectivity index (χ1n) is 11.7. The van der Waals surface area contributed by atoms with Crippen molar-refractivity contribution < 1.29 is 34.8 Å². The van der Waals surface area contributed by atoms with Gasteiger partial charge in [0.1, 0.15) is 17.5 Å². The quantitative estimate of drug-likeness (QED) is 0.529. The Morgan fingerprint density at radius 1 is 1.16 bits per heavy atom. The van der Waals surface area contributed by atoms with E-state index in [1.807, 2.05) is 0 Å². The molecule has 174 valence electrons. The minimum absolute atomic E-state index is 0.0409. The molecule has 0 aromatic rings. The summed E-state index contributed by atoms with van der Waals surface area (Å²) in [6.45, 7) is 5.76. The lowest BCUT2D eigenvalue weighted by Gasteiger charge is -2.60. The molecule has 4 aliphatic carbocycles. The maximum absolute atomic E-state index is 13.6. The van der Waals surface area contributed by atoms with Crippen LogP contribution < -0.4 is 0 Å². The first kappa shape index (κ1) is 22.9. The van der Waals surface area contributed by atoms with Gasteiger partial charge in [-0.15, -0.1) is 0 Å². The number of hydrogen-bond donors (Lipinski definition) is 4. The van der Waals surface area contributed by atoms with Crippen LogP contribution >= 0.6 is 0 Å². The van der Waals surface area contributed by atoms with Gasteiger partial charge in [-0.25, -0.2) is 0 Å². The highest BCUT2D eigenvalue weighted by atomic mass is 16.4. The monoisotopic (exact) mass is 436 g/mol. The fourth-order valence-electron chi connectivity index (χ4n) is 8.42. The Kier molecular flexibility index (Phi) is 5.43. The molecule has 0 heterocycles. The maximum atomic E-state index is 13.6. The minimum Gasteiger partial charge on any atom is -0.481 e. The number of aliphatic carboxylic acids is 1. The molecule has 0 bridgehead atoms. The van der Waals surface area contributed by atoms with Crippen molar-refractivity contribution in [2.24, 2.45) is 40.4 Å². The summed E-state index contributed by atoms with van der Waals surface area (Å²) in [5, 5.41) is 41.2. The molecule has 7 nitrogen and oxygen atoms in total. The van der Waals surface area contributed by atoms with Gasteiger partial charge in [0.2, 0.25) is 0 Å². The number of rotatable bonds is 4. The fourth-order valence-corrected chi connectivity index (χ4v) is 8.42. The highest BCUT2D eigenvalue weighted by molar-refractivity contribution is 5.96. The van der Waals surface area contributed by atoms with E-state index >= 15 is 0 Å². The van der Waals surface area contributed by atoms with E-state index in [-0.39, 0.29) is 41.5 Å². The summed E-state index contributed by atoms with van der Waals surface area (Å²) in [6.07, 6.45) is 1.80. The van der Waals surface area contributed by atoms with Crippen molar-refractivity contribution in [2.45, 2.75) is 89.9 Å². The van der Waals surface area contributed by atoms with Crippen LogP contribution in [0.2, 0.25) is 0 Å². The summed E-state index contributed by atoms with van der Waals surface area (Å²) in [5.41, 5.74) is -3.11. The van der Waals surface area contributed by atoms with Gasteiger partial charge in [-0.05, 0) is 67.6 Å². The number of aliphatic hydroxyl groups is 3. The number of aliphatic hydroxyl groups excluding tert-OH is 2. The van der Waals surface area contributed by atoms with Gasteiger partial charge in [-0.3, -0.25) is 14.4 Å². The smallest absolute Gasteiger partial charge is 0.306 e. The van der Waals surface area contributed by atoms with Crippen molar-refractivity contribution in [1.29, 1.82) is 0 Å². The normalized spacial score (nSPS) is 50.2. The van der Waals surface area contributed by atoms with Gasteiger partial charge in [0, 0.05) is 17.8 Å². The van der Waals surface area contributed by atoms with Crippen molar-refractivity contribution >= 4 is 17.5 Å². The zero-order valence-corrected chi connectivity index (χ0v) is 18.7. The van der Waals surface area contributed by atoms with Gasteiger partial charge in [0.15, 0.2) is 5.78 Å². The van der Waals surface area contributed by atoms with E-state index in [1.165, 1.54) is 0 Å². The molecule has 7 heteroatoms. The van der Waals surface area contributed by atoms with Gasteiger partial charge < -0.3 is 20.4 Å². The zero-order valence-electron chi connectivity index (χ0n) is 18.7. The van der Waals surface area contributed by atoms with Crippen LogP contribution in [-0.4, -0.2) is 55.8 Å². The average Bonchev–Trinajstić information content (AvgIpc) is 2.88. The molecule has 0 spiro atoms. The second-order valence-corrected chi connectivity index (χ2v) is 11.4. The first-order valence-corrected chi connectivity index (χ1v) is 11.7. The third kappa shape index (κ3) is 3.06. The number of fused-ring (bicyclic) bond motifs is 5. The van der Waals surface area contributed by atoms with Crippen molar-refractivity contribution in [2.75, 3.05) is 0 Å². The molecule has 4 fully saturated rings. The number of carbonyl (C=O) groups excluding carboxylic acids is 2. The average molecular weight is 437 g/mol. The Labute approximate surface area is 183 Å². The molecule has 0 aromatic heterocycles. The SMILES string of the molecule is C[C@@H]1C[C@H]2[C@@H]3CCC4C[C@H](O)CC[C@]4(C)[C@H]3C(=O)C[C@]2(C)[C@@]1(O)C(=O)C(O)CC(=O)O. The molecule has 0 radical (unpaired) electrons. The van der Waals surface area contributed by atoms with E-state index in [9.17, 15) is 29.7 Å². The molecule has 2 unspecified atom stereocenters. The summed E-state index contributed by atoms with van der Waals surface area (Å²) in [4.78, 5) is 37.8. The van der Waals surface area contributed by atoms with Crippen LogP contribution in [0.3, 0.4) is 0 Å². The van der Waals surface area contributed by atoms with Crippen molar-refractivity contribution in [1.82, 2.24) is 0 Å². The molecular formula is C24H36O7. The summed E-state index contributed by atoms with van der Waals surface area (Å²) >= 11 is 0. The van der Waals surface area contributed by atoms with E-state index in [4.69, 9.17) is 5.11 Å². The number of Topliss-reactive ketones (excluding diaryl/α,β-unsaturated/α-hetero) is 2. The molecule has 10 atom stereocenters. The fraction of sp³-hybridized carbons (Fsp3) is 0.875. The lowest BCUT2D eigenvalue weighted by molar-refractivity contribution is -0.186. The highest BCUT2D eigenvalue weighted by Gasteiger charge is 2.71. The van der Waals surface area contributed by atoms with Gasteiger partial charge in [0.05, 0.1) is 12.5 Å². The predicted octanol–water partition coefficient (Wildman–Crippen LogP) is 1.95. The van der Waals surface area contributed by atoms with Crippen molar-refractivity contribution in [3.8, 4) is 0 Å². The van der Waals surface area contributed by atoms with E-state index in [0.717, 1.165) is 25.7 Å². The first-order chi connectivity index (χ1) is 14.4. The number of ketones is 2. The van der Waals surface area contributed by atoms with Crippen molar-refractivity contribution in [3.05, 3.63) is 0 Å². The predicted molar refractivity (Wildman–Crippen MR) is 111 cm³/mol. The third-order valence-electron chi connectivity index (χ3n) is 9.95. The molecule has 0 saturated heterocycles. The Hall–Kier alpha value is -1.31. The number of carboxylic acid groups (broad SMARTS) is 1. The van der Waals surface area contributed by atoms with E-state index in [0.29, 0.717) is 18.8 Å². The van der Waals surface area contributed by atoms with Crippen LogP contribution in [0.5, 0.6) is 0 Å². The lowest BCUT2D eigenvalue weighted by atomic mass is 9.43. The topological polar surface area (TPSA) is 132 Å². The van der Waals surface area contributed by atoms with Crippen LogP contribution in [-0.2, 0) is 14.4 Å². The summed E-state index contributed by atoms with van der Waals surface area (Å²) < 4.78 is 0. The van der Waals surface area contributed by atoms with E-state index in [1.54, 1.807) is 13.8 Å². The summed E-state index contributed by atoms with van der Waals surface area (Å²) in [7, 11) is 0. The molecule has 0 amide bonds. The van der Waals surface area contributed by atoms with Gasteiger partial charge in [-0.2, -0.15) is 0 Å². The second kappa shape index (κ2) is 7.35. The van der Waals surface area contributed by atoms with Crippen molar-refractivity contribution in [3.63, 3.8) is 0 Å². The van der Waals surface area contributed by atoms with Gasteiger partial charge >= 0.3 is 5.97 Å². The Balaban J connectivity index is 1.69. The molecule has 4 aliphatic rings. The third-order valence-corrected chi connectivity index (χ3v) is 9.95. The largest absolute Gasteiger partial charge is 0.481 e. The summed E-state index contributed by atoms with van der Waals surface area (Å²) in [6, 6.07) is 0. The number of carbonyl (C=O) groups is 3. The van der Waals surface area contributed by atoms with E-state index < -0.39 is 41.2 Å². The van der Waals surface area contributed by atoms with Crippen LogP contribution in [0.4, 0.5) is 0 Å². The molecular weight excluding hydrogens is 400 g/mol. The molecule has 31 heavy (non-hydrogen) atoms. The van der Waals surface area contributed by atoms with E-state index in [2.05, 4.69) is 6.92 Å². The Morgan fingerprint density at radius 2 is 1.84 bits per heavy atom. The molecule has 0 aliphatic heterocycles. The molecule has 4 N–H and O–H groups in total. The van der Waals surface area contributed by atoms with Crippen LogP contribution in [0, 0.1) is 40.4 Å². The number of hydrogen-bond acceptors (Lipinski definition) is 6. The van der Waals surface area contributed by atoms with Crippen LogP contribution in [0.1, 0.15) is 72.1 Å². The molecule has 4 rings (SSSR count). The Bertz CT molecular complexity index is 795. The summed E-state index contributed by atoms with van der Waals surface area (Å²) in [5.74, 6) is -2.37.